The van der Waals surface area contributed by atoms with Gasteiger partial charge in [0, 0.05) is 26.2 Å². The second kappa shape index (κ2) is 6.15. The van der Waals surface area contributed by atoms with E-state index in [1.54, 1.807) is 0 Å². The fourth-order valence-corrected chi connectivity index (χ4v) is 2.70. The second-order valence-electron chi connectivity index (χ2n) is 4.17. The first-order valence-corrected chi connectivity index (χ1v) is 7.50. The summed E-state index contributed by atoms with van der Waals surface area (Å²) in [6.45, 7) is 1.04. The van der Waals surface area contributed by atoms with Gasteiger partial charge in [-0.05, 0) is 76.1 Å². The molecule has 0 saturated carbocycles. The molecule has 1 amide bonds. The van der Waals surface area contributed by atoms with Crippen molar-refractivity contribution in [3.63, 3.8) is 0 Å². The Kier molecular flexibility index (Phi) is 4.81. The Bertz CT molecular complexity index is 419. The van der Waals surface area contributed by atoms with E-state index < -0.39 is 0 Å². The van der Waals surface area contributed by atoms with Gasteiger partial charge in [0.15, 0.2) is 0 Å². The van der Waals surface area contributed by atoms with Crippen molar-refractivity contribution >= 4 is 50.1 Å². The second-order valence-corrected chi connectivity index (χ2v) is 6.19. The van der Waals surface area contributed by atoms with Crippen LogP contribution in [-0.2, 0) is 4.79 Å². The van der Waals surface area contributed by atoms with Crippen LogP contribution in [0.4, 0.5) is 5.69 Å². The predicted octanol–water partition coefficient (Wildman–Crippen LogP) is 3.13. The molecule has 2 N–H and O–H groups in total. The minimum atomic E-state index is 0.0857. The van der Waals surface area contributed by atoms with Gasteiger partial charge in [-0.15, -0.1) is 0 Å². The van der Waals surface area contributed by atoms with Crippen LogP contribution in [0.25, 0.3) is 0 Å². The van der Waals surface area contributed by atoms with Crippen LogP contribution < -0.4 is 10.6 Å². The van der Waals surface area contributed by atoms with Crippen LogP contribution in [0.5, 0.6) is 0 Å². The molecule has 2 rings (SSSR count). The van der Waals surface area contributed by atoms with E-state index in [-0.39, 0.29) is 5.91 Å². The first-order valence-electron chi connectivity index (χ1n) is 5.63. The van der Waals surface area contributed by atoms with Gasteiger partial charge in [-0.3, -0.25) is 4.79 Å². The molecule has 1 aliphatic heterocycles. The number of hydrogen-bond acceptors (Lipinski definition) is 2. The van der Waals surface area contributed by atoms with Crippen molar-refractivity contribution < 1.29 is 4.79 Å². The summed E-state index contributed by atoms with van der Waals surface area (Å²) >= 11 is 5.67. The molecule has 1 aromatic rings. The summed E-state index contributed by atoms with van der Waals surface area (Å²) in [4.78, 5) is 11.8. The van der Waals surface area contributed by atoms with Crippen molar-refractivity contribution in [1.29, 1.82) is 0 Å². The Morgan fingerprint density at radius 3 is 3.06 bits per heavy atom. The number of benzene rings is 1. The maximum absolute atomic E-state index is 11.8. The van der Waals surface area contributed by atoms with Crippen LogP contribution >= 0.6 is 38.5 Å². The molecule has 0 radical (unpaired) electrons. The summed E-state index contributed by atoms with van der Waals surface area (Å²) in [6.07, 6.45) is 2.84. The molecule has 1 unspecified atom stereocenters. The third-order valence-electron chi connectivity index (χ3n) is 2.80. The topological polar surface area (TPSA) is 41.1 Å². The molecule has 0 spiro atoms. The molecule has 1 aromatic carbocycles. The molecule has 1 fully saturated rings. The highest BCUT2D eigenvalue weighted by molar-refractivity contribution is 14.1. The zero-order valence-electron chi connectivity index (χ0n) is 9.30. The van der Waals surface area contributed by atoms with Gasteiger partial charge >= 0.3 is 0 Å². The Labute approximate surface area is 123 Å². The zero-order chi connectivity index (χ0) is 12.3. The van der Waals surface area contributed by atoms with Crippen molar-refractivity contribution in [2.24, 2.45) is 0 Å². The number of halogens is 2. The van der Waals surface area contributed by atoms with E-state index in [4.69, 9.17) is 0 Å². The average Bonchev–Trinajstić information content (AvgIpc) is 2.76. The highest BCUT2D eigenvalue weighted by Gasteiger charge is 2.17. The van der Waals surface area contributed by atoms with Gasteiger partial charge in [0.05, 0.1) is 0 Å². The van der Waals surface area contributed by atoms with E-state index in [9.17, 15) is 4.79 Å². The maximum atomic E-state index is 11.8. The number of amides is 1. The van der Waals surface area contributed by atoms with Crippen molar-refractivity contribution in [3.05, 3.63) is 26.2 Å². The van der Waals surface area contributed by atoms with Gasteiger partial charge in [0.2, 0.25) is 5.91 Å². The molecular weight excluding hydrogens is 395 g/mol. The third-order valence-corrected chi connectivity index (χ3v) is 5.12. The lowest BCUT2D eigenvalue weighted by Crippen LogP contribution is -2.27. The smallest absolute Gasteiger partial charge is 0.225 e. The molecule has 92 valence electrons. The van der Waals surface area contributed by atoms with Gasteiger partial charge in [-0.2, -0.15) is 0 Å². The molecule has 0 aromatic heterocycles. The number of carbonyl (C=O) groups excluding carboxylic acids is 1. The summed E-state index contributed by atoms with van der Waals surface area (Å²) < 4.78 is 2.15. The average molecular weight is 409 g/mol. The molecule has 1 saturated heterocycles. The number of anilines is 1. The van der Waals surface area contributed by atoms with Gasteiger partial charge in [-0.1, -0.05) is 0 Å². The van der Waals surface area contributed by atoms with Gasteiger partial charge in [-0.25, -0.2) is 0 Å². The largest absolute Gasteiger partial charge is 0.326 e. The fraction of sp³-hybridized carbons (Fsp3) is 0.417. The lowest BCUT2D eigenvalue weighted by molar-refractivity contribution is -0.116. The highest BCUT2D eigenvalue weighted by Crippen LogP contribution is 2.22. The van der Waals surface area contributed by atoms with Crippen molar-refractivity contribution in [2.75, 3.05) is 11.9 Å². The van der Waals surface area contributed by atoms with E-state index in [0.717, 1.165) is 26.7 Å². The van der Waals surface area contributed by atoms with Crippen LogP contribution in [0.15, 0.2) is 22.7 Å². The molecular formula is C12H14BrIN2O. The first kappa shape index (κ1) is 13.3. The minimum absolute atomic E-state index is 0.0857. The lowest BCUT2D eigenvalue weighted by atomic mass is 10.1. The SMILES string of the molecule is O=C(CC1CCCN1)Nc1ccc(Br)c(I)c1. The maximum Gasteiger partial charge on any atom is 0.225 e. The van der Waals surface area contributed by atoms with Gasteiger partial charge in [0.25, 0.3) is 0 Å². The van der Waals surface area contributed by atoms with Gasteiger partial charge in [0.1, 0.15) is 0 Å². The summed E-state index contributed by atoms with van der Waals surface area (Å²) in [5.74, 6) is 0.0857. The summed E-state index contributed by atoms with van der Waals surface area (Å²) in [7, 11) is 0. The van der Waals surface area contributed by atoms with Crippen molar-refractivity contribution in [1.82, 2.24) is 5.32 Å². The number of carbonyl (C=O) groups is 1. The van der Waals surface area contributed by atoms with E-state index in [0.29, 0.717) is 12.5 Å². The van der Waals surface area contributed by atoms with Gasteiger partial charge < -0.3 is 10.6 Å². The quantitative estimate of drug-likeness (QED) is 0.754. The molecule has 1 aliphatic rings. The highest BCUT2D eigenvalue weighted by atomic mass is 127. The number of hydrogen-bond donors (Lipinski definition) is 2. The molecule has 17 heavy (non-hydrogen) atoms. The van der Waals surface area contributed by atoms with Crippen molar-refractivity contribution in [2.45, 2.75) is 25.3 Å². The first-order chi connectivity index (χ1) is 8.15. The Balaban J connectivity index is 1.90. The zero-order valence-corrected chi connectivity index (χ0v) is 13.0. The molecule has 0 aliphatic carbocycles. The predicted molar refractivity (Wildman–Crippen MR) is 81.1 cm³/mol. The third kappa shape index (κ3) is 3.93. The van der Waals surface area contributed by atoms with E-state index >= 15 is 0 Å². The minimum Gasteiger partial charge on any atom is -0.326 e. The van der Waals surface area contributed by atoms with E-state index in [1.165, 1.54) is 6.42 Å². The molecule has 0 bridgehead atoms. The number of nitrogens with one attached hydrogen (secondary N) is 2. The molecule has 1 heterocycles. The Morgan fingerprint density at radius 2 is 2.41 bits per heavy atom. The molecule has 5 heteroatoms. The summed E-state index contributed by atoms with van der Waals surface area (Å²) in [5, 5.41) is 6.26. The Hall–Kier alpha value is -0.140. The summed E-state index contributed by atoms with van der Waals surface area (Å²) in [5.41, 5.74) is 0.862. The van der Waals surface area contributed by atoms with Crippen LogP contribution in [-0.4, -0.2) is 18.5 Å². The standard InChI is InChI=1S/C12H14BrIN2O/c13-10-4-3-9(6-11(10)14)16-12(17)7-8-2-1-5-15-8/h3-4,6,8,15H,1-2,5,7H2,(H,16,17). The van der Waals surface area contributed by atoms with Crippen molar-refractivity contribution in [3.8, 4) is 0 Å². The van der Waals surface area contributed by atoms with Crippen LogP contribution in [0.2, 0.25) is 0 Å². The lowest BCUT2D eigenvalue weighted by Gasteiger charge is -2.10. The van der Waals surface area contributed by atoms with E-state index in [1.807, 2.05) is 18.2 Å². The Morgan fingerprint density at radius 1 is 1.59 bits per heavy atom. The fourth-order valence-electron chi connectivity index (χ4n) is 1.94. The number of rotatable bonds is 3. The normalized spacial score (nSPS) is 19.3. The van der Waals surface area contributed by atoms with Crippen LogP contribution in [0.1, 0.15) is 19.3 Å². The monoisotopic (exact) mass is 408 g/mol. The molecule has 3 nitrogen and oxygen atoms in total. The van der Waals surface area contributed by atoms with E-state index in [2.05, 4.69) is 49.2 Å². The van der Waals surface area contributed by atoms with Crippen LogP contribution in [0, 0.1) is 3.57 Å². The van der Waals surface area contributed by atoms with Crippen LogP contribution in [0.3, 0.4) is 0 Å². The molecule has 1 atom stereocenters. The summed E-state index contributed by atoms with van der Waals surface area (Å²) in [6, 6.07) is 6.17.